The quantitative estimate of drug-likeness (QED) is 0.620. The molecule has 0 spiro atoms. The van der Waals surface area contributed by atoms with E-state index in [1.807, 2.05) is 0 Å². The van der Waals surface area contributed by atoms with Crippen LogP contribution in [0.4, 0.5) is 10.5 Å². The Morgan fingerprint density at radius 3 is 2.68 bits per heavy atom. The lowest BCUT2D eigenvalue weighted by molar-refractivity contribution is -0.121. The predicted octanol–water partition coefficient (Wildman–Crippen LogP) is 3.05. The van der Waals surface area contributed by atoms with E-state index < -0.39 is 11.6 Å². The van der Waals surface area contributed by atoms with Gasteiger partial charge in [-0.1, -0.05) is 32.6 Å². The minimum Gasteiger partial charge on any atom is -0.323 e. The molecule has 1 fully saturated rings. The molecule has 2 aromatic heterocycles. The lowest BCUT2D eigenvalue weighted by Gasteiger charge is -2.21. The van der Waals surface area contributed by atoms with Crippen LogP contribution in [0, 0.1) is 0 Å². The van der Waals surface area contributed by atoms with Gasteiger partial charge in [0.05, 0.1) is 11.9 Å². The molecule has 1 aliphatic rings. The van der Waals surface area contributed by atoms with Crippen LogP contribution in [0.15, 0.2) is 36.8 Å². The van der Waals surface area contributed by atoms with Crippen LogP contribution >= 0.6 is 0 Å². The van der Waals surface area contributed by atoms with E-state index in [1.54, 1.807) is 42.2 Å². The minimum absolute atomic E-state index is 0.220. The SMILES string of the molecule is CCCCCCC1(C)NC(=O)N(c2ccc(-n3cccn3)nc2)C1=O. The Morgan fingerprint density at radius 1 is 1.20 bits per heavy atom. The van der Waals surface area contributed by atoms with Crippen molar-refractivity contribution < 1.29 is 9.59 Å². The number of pyridine rings is 1. The van der Waals surface area contributed by atoms with Crippen molar-refractivity contribution in [2.24, 2.45) is 0 Å². The van der Waals surface area contributed by atoms with Crippen molar-refractivity contribution in [1.29, 1.82) is 0 Å². The first kappa shape index (κ1) is 17.1. The first-order chi connectivity index (χ1) is 12.0. The average molecular weight is 341 g/mol. The van der Waals surface area contributed by atoms with Crippen LogP contribution in [0.5, 0.6) is 0 Å². The number of unbranched alkanes of at least 4 members (excludes halogenated alkanes) is 3. The van der Waals surface area contributed by atoms with Gasteiger partial charge in [-0.25, -0.2) is 19.4 Å². The van der Waals surface area contributed by atoms with Crippen molar-refractivity contribution in [3.8, 4) is 5.82 Å². The highest BCUT2D eigenvalue weighted by Gasteiger charge is 2.47. The average Bonchev–Trinajstić information content (AvgIpc) is 3.20. The number of nitrogens with zero attached hydrogens (tertiary/aromatic N) is 4. The summed E-state index contributed by atoms with van der Waals surface area (Å²) in [5, 5.41) is 6.95. The number of hydrogen-bond acceptors (Lipinski definition) is 4. The molecule has 1 atom stereocenters. The molecule has 0 saturated carbocycles. The van der Waals surface area contributed by atoms with E-state index in [2.05, 4.69) is 22.3 Å². The molecule has 3 heterocycles. The summed E-state index contributed by atoms with van der Waals surface area (Å²) in [6.07, 6.45) is 9.87. The van der Waals surface area contributed by atoms with E-state index in [0.29, 0.717) is 17.9 Å². The number of carbonyl (C=O) groups is 2. The van der Waals surface area contributed by atoms with Gasteiger partial charge in [-0.05, 0) is 31.5 Å². The van der Waals surface area contributed by atoms with Crippen molar-refractivity contribution in [2.75, 3.05) is 4.90 Å². The number of amides is 3. The van der Waals surface area contributed by atoms with Gasteiger partial charge >= 0.3 is 6.03 Å². The molecule has 3 amide bonds. The minimum atomic E-state index is -0.842. The lowest BCUT2D eigenvalue weighted by Crippen LogP contribution is -2.43. The van der Waals surface area contributed by atoms with Gasteiger partial charge in [0.15, 0.2) is 5.82 Å². The van der Waals surface area contributed by atoms with E-state index >= 15 is 0 Å². The van der Waals surface area contributed by atoms with Crippen LogP contribution in [0.2, 0.25) is 0 Å². The number of nitrogens with one attached hydrogen (secondary N) is 1. The molecule has 0 aliphatic carbocycles. The number of imide groups is 1. The standard InChI is InChI=1S/C18H23N5O2/c1-3-4-5-6-10-18(2)16(24)23(17(25)21-18)14-8-9-15(19-13-14)22-12-7-11-20-22/h7-9,11-13H,3-6,10H2,1-2H3,(H,21,25). The van der Waals surface area contributed by atoms with Crippen molar-refractivity contribution in [3.63, 3.8) is 0 Å². The fraction of sp³-hybridized carbons (Fsp3) is 0.444. The zero-order valence-corrected chi connectivity index (χ0v) is 14.6. The van der Waals surface area contributed by atoms with Crippen molar-refractivity contribution in [1.82, 2.24) is 20.1 Å². The van der Waals surface area contributed by atoms with Crippen LogP contribution in [-0.2, 0) is 4.79 Å². The second kappa shape index (κ2) is 7.04. The lowest BCUT2D eigenvalue weighted by atomic mass is 9.94. The molecular formula is C18H23N5O2. The Labute approximate surface area is 147 Å². The first-order valence-electron chi connectivity index (χ1n) is 8.68. The first-order valence-corrected chi connectivity index (χ1v) is 8.68. The summed E-state index contributed by atoms with van der Waals surface area (Å²) in [6, 6.07) is 4.86. The number of urea groups is 1. The molecule has 1 saturated heterocycles. The maximum atomic E-state index is 12.8. The molecule has 0 bridgehead atoms. The van der Waals surface area contributed by atoms with Gasteiger partial charge < -0.3 is 5.32 Å². The number of anilines is 1. The van der Waals surface area contributed by atoms with Crippen LogP contribution in [-0.4, -0.2) is 32.2 Å². The van der Waals surface area contributed by atoms with Crippen molar-refractivity contribution in [3.05, 3.63) is 36.8 Å². The predicted molar refractivity (Wildman–Crippen MR) is 94.5 cm³/mol. The molecule has 1 aliphatic heterocycles. The molecule has 1 unspecified atom stereocenters. The highest BCUT2D eigenvalue weighted by molar-refractivity contribution is 6.23. The smallest absolute Gasteiger partial charge is 0.323 e. The van der Waals surface area contributed by atoms with Gasteiger partial charge in [0.2, 0.25) is 0 Å². The van der Waals surface area contributed by atoms with Gasteiger partial charge in [0.1, 0.15) is 5.54 Å². The maximum Gasteiger partial charge on any atom is 0.329 e. The van der Waals surface area contributed by atoms with Crippen LogP contribution < -0.4 is 10.2 Å². The third-order valence-corrected chi connectivity index (χ3v) is 4.52. The third-order valence-electron chi connectivity index (χ3n) is 4.52. The molecule has 0 radical (unpaired) electrons. The molecule has 0 aromatic carbocycles. The van der Waals surface area contributed by atoms with Gasteiger partial charge in [0.25, 0.3) is 5.91 Å². The molecular weight excluding hydrogens is 318 g/mol. The highest BCUT2D eigenvalue weighted by atomic mass is 16.2. The third kappa shape index (κ3) is 3.40. The maximum absolute atomic E-state index is 12.8. The van der Waals surface area contributed by atoms with Crippen LogP contribution in [0.1, 0.15) is 46.0 Å². The van der Waals surface area contributed by atoms with E-state index in [9.17, 15) is 9.59 Å². The zero-order chi connectivity index (χ0) is 17.9. The number of carbonyl (C=O) groups excluding carboxylic acids is 2. The molecule has 132 valence electrons. The van der Waals surface area contributed by atoms with E-state index in [1.165, 1.54) is 11.1 Å². The number of rotatable bonds is 7. The Hall–Kier alpha value is -2.70. The second-order valence-electron chi connectivity index (χ2n) is 6.54. The largest absolute Gasteiger partial charge is 0.329 e. The molecule has 25 heavy (non-hydrogen) atoms. The second-order valence-corrected chi connectivity index (χ2v) is 6.54. The molecule has 7 heteroatoms. The van der Waals surface area contributed by atoms with Crippen LogP contribution in [0.3, 0.4) is 0 Å². The Kier molecular flexibility index (Phi) is 4.83. The van der Waals surface area contributed by atoms with Gasteiger partial charge in [-0.15, -0.1) is 0 Å². The van der Waals surface area contributed by atoms with Crippen LogP contribution in [0.25, 0.3) is 5.82 Å². The van der Waals surface area contributed by atoms with E-state index in [0.717, 1.165) is 25.7 Å². The fourth-order valence-corrected chi connectivity index (χ4v) is 3.04. The van der Waals surface area contributed by atoms with Crippen molar-refractivity contribution >= 4 is 17.6 Å². The number of aromatic nitrogens is 3. The highest BCUT2D eigenvalue weighted by Crippen LogP contribution is 2.28. The summed E-state index contributed by atoms with van der Waals surface area (Å²) in [6.45, 7) is 3.94. The molecule has 7 nitrogen and oxygen atoms in total. The summed E-state index contributed by atoms with van der Waals surface area (Å²) < 4.78 is 1.62. The van der Waals surface area contributed by atoms with E-state index in [-0.39, 0.29) is 5.91 Å². The normalized spacial score (nSPS) is 20.2. The summed E-state index contributed by atoms with van der Waals surface area (Å²) in [5.41, 5.74) is -0.374. The summed E-state index contributed by atoms with van der Waals surface area (Å²) in [4.78, 5) is 30.6. The van der Waals surface area contributed by atoms with E-state index in [4.69, 9.17) is 0 Å². The molecule has 2 aromatic rings. The topological polar surface area (TPSA) is 80.1 Å². The van der Waals surface area contributed by atoms with Crippen molar-refractivity contribution in [2.45, 2.75) is 51.5 Å². The summed E-state index contributed by atoms with van der Waals surface area (Å²) >= 11 is 0. The van der Waals surface area contributed by atoms with Gasteiger partial charge in [-0.2, -0.15) is 5.10 Å². The monoisotopic (exact) mass is 341 g/mol. The van der Waals surface area contributed by atoms with Gasteiger partial charge in [-0.3, -0.25) is 4.79 Å². The zero-order valence-electron chi connectivity index (χ0n) is 14.6. The summed E-state index contributed by atoms with van der Waals surface area (Å²) in [7, 11) is 0. The fourth-order valence-electron chi connectivity index (χ4n) is 3.04. The Bertz CT molecular complexity index is 741. The summed E-state index contributed by atoms with van der Waals surface area (Å²) in [5.74, 6) is 0.408. The van der Waals surface area contributed by atoms with Gasteiger partial charge in [0, 0.05) is 12.4 Å². The molecule has 1 N–H and O–H groups in total. The number of hydrogen-bond donors (Lipinski definition) is 1. The Balaban J connectivity index is 1.74. The Morgan fingerprint density at radius 2 is 2.04 bits per heavy atom. The molecule has 3 rings (SSSR count).